The molecule has 2 aromatic carbocycles. The quantitative estimate of drug-likeness (QED) is 0.576. The summed E-state index contributed by atoms with van der Waals surface area (Å²) in [7, 11) is 0. The molecule has 1 aliphatic rings. The first kappa shape index (κ1) is 17.9. The molecule has 0 N–H and O–H groups in total. The molecule has 1 saturated carbocycles. The van der Waals surface area contributed by atoms with Gasteiger partial charge in [-0.25, -0.2) is 9.59 Å². The predicted octanol–water partition coefficient (Wildman–Crippen LogP) is 4.28. The van der Waals surface area contributed by atoms with Crippen molar-refractivity contribution < 1.29 is 19.1 Å². The number of ether oxygens (including phenoxy) is 2. The van der Waals surface area contributed by atoms with Crippen LogP contribution in [-0.2, 0) is 9.47 Å². The maximum Gasteiger partial charge on any atom is 0.338 e. The van der Waals surface area contributed by atoms with Crippen molar-refractivity contribution >= 4 is 11.9 Å². The van der Waals surface area contributed by atoms with Gasteiger partial charge >= 0.3 is 11.9 Å². The summed E-state index contributed by atoms with van der Waals surface area (Å²) in [6.07, 6.45) is 1.57. The lowest BCUT2D eigenvalue weighted by Gasteiger charge is -2.19. The summed E-state index contributed by atoms with van der Waals surface area (Å²) >= 11 is 0. The molecule has 2 aromatic rings. The largest absolute Gasteiger partial charge is 0.462 e. The minimum absolute atomic E-state index is 0.124. The summed E-state index contributed by atoms with van der Waals surface area (Å²) in [4.78, 5) is 24.2. The van der Waals surface area contributed by atoms with E-state index in [1.54, 1.807) is 48.5 Å². The fourth-order valence-corrected chi connectivity index (χ4v) is 3.23. The third kappa shape index (κ3) is 4.60. The van der Waals surface area contributed by atoms with Crippen LogP contribution in [0.25, 0.3) is 0 Å². The average molecular weight is 350 g/mol. The first-order chi connectivity index (χ1) is 12.6. The van der Waals surface area contributed by atoms with Gasteiger partial charge in [-0.1, -0.05) is 48.6 Å². The Hall–Kier alpha value is -2.88. The fraction of sp³-hybridized carbons (Fsp3) is 0.273. The van der Waals surface area contributed by atoms with Crippen LogP contribution in [0.4, 0.5) is 0 Å². The third-order valence-corrected chi connectivity index (χ3v) is 4.64. The molecule has 1 fully saturated rings. The minimum atomic E-state index is -0.330. The number of esters is 2. The Kier molecular flexibility index (Phi) is 5.84. The Morgan fingerprint density at radius 3 is 1.54 bits per heavy atom. The maximum atomic E-state index is 12.1. The van der Waals surface area contributed by atoms with Crippen molar-refractivity contribution in [3.05, 3.63) is 83.9 Å². The highest BCUT2D eigenvalue weighted by molar-refractivity contribution is 5.89. The van der Waals surface area contributed by atoms with Gasteiger partial charge in [0.05, 0.1) is 24.3 Å². The summed E-state index contributed by atoms with van der Waals surface area (Å²) < 4.78 is 10.9. The van der Waals surface area contributed by atoms with Gasteiger partial charge in [0.25, 0.3) is 0 Å². The van der Waals surface area contributed by atoms with Crippen molar-refractivity contribution in [1.82, 2.24) is 0 Å². The number of carbonyl (C=O) groups excluding carboxylic acids is 2. The Labute approximate surface area is 153 Å². The molecular weight excluding hydrogens is 328 g/mol. The predicted molar refractivity (Wildman–Crippen MR) is 98.8 cm³/mol. The first-order valence-corrected chi connectivity index (χ1v) is 8.74. The highest BCUT2D eigenvalue weighted by Crippen LogP contribution is 2.35. The van der Waals surface area contributed by atoms with Gasteiger partial charge in [0.1, 0.15) is 0 Å². The third-order valence-electron chi connectivity index (χ3n) is 4.64. The SMILES string of the molecule is C=C1C[C@H](COC(=O)c2ccccc2)[C@@H](COC(=O)c2ccccc2)C1. The minimum Gasteiger partial charge on any atom is -0.462 e. The van der Waals surface area contributed by atoms with E-state index in [1.165, 1.54) is 0 Å². The molecule has 0 unspecified atom stereocenters. The van der Waals surface area contributed by atoms with Gasteiger partial charge < -0.3 is 9.47 Å². The van der Waals surface area contributed by atoms with E-state index in [1.807, 2.05) is 12.1 Å². The zero-order chi connectivity index (χ0) is 18.4. The van der Waals surface area contributed by atoms with Crippen molar-refractivity contribution in [2.45, 2.75) is 12.8 Å². The van der Waals surface area contributed by atoms with Crippen LogP contribution < -0.4 is 0 Å². The van der Waals surface area contributed by atoms with Crippen molar-refractivity contribution in [2.24, 2.45) is 11.8 Å². The first-order valence-electron chi connectivity index (χ1n) is 8.74. The summed E-state index contributed by atoms with van der Waals surface area (Å²) in [5.41, 5.74) is 2.18. The Balaban J connectivity index is 1.52. The molecule has 4 nitrogen and oxygen atoms in total. The summed E-state index contributed by atoms with van der Waals surface area (Å²) in [6.45, 7) is 4.66. The van der Waals surface area contributed by atoms with Gasteiger partial charge in [0, 0.05) is 11.8 Å². The molecule has 0 amide bonds. The highest BCUT2D eigenvalue weighted by atomic mass is 16.5. The van der Waals surface area contributed by atoms with Crippen LogP contribution in [0.2, 0.25) is 0 Å². The fourth-order valence-electron chi connectivity index (χ4n) is 3.23. The van der Waals surface area contributed by atoms with Crippen molar-refractivity contribution in [1.29, 1.82) is 0 Å². The maximum absolute atomic E-state index is 12.1. The lowest BCUT2D eigenvalue weighted by molar-refractivity contribution is 0.0268. The van der Waals surface area contributed by atoms with Crippen LogP contribution in [0.3, 0.4) is 0 Å². The van der Waals surface area contributed by atoms with Crippen LogP contribution in [-0.4, -0.2) is 25.2 Å². The van der Waals surface area contributed by atoms with E-state index in [4.69, 9.17) is 9.47 Å². The number of carbonyl (C=O) groups is 2. The second-order valence-corrected chi connectivity index (χ2v) is 6.61. The van der Waals surface area contributed by atoms with E-state index in [2.05, 4.69) is 6.58 Å². The van der Waals surface area contributed by atoms with Gasteiger partial charge in [-0.15, -0.1) is 0 Å². The van der Waals surface area contributed by atoms with E-state index in [0.29, 0.717) is 24.3 Å². The Morgan fingerprint density at radius 1 is 0.769 bits per heavy atom. The molecule has 0 saturated heterocycles. The molecule has 2 atom stereocenters. The van der Waals surface area contributed by atoms with Gasteiger partial charge in [-0.2, -0.15) is 0 Å². The van der Waals surface area contributed by atoms with Gasteiger partial charge in [-0.05, 0) is 37.1 Å². The van der Waals surface area contributed by atoms with Gasteiger partial charge in [0.15, 0.2) is 0 Å². The Morgan fingerprint density at radius 2 is 1.15 bits per heavy atom. The molecule has 1 aliphatic carbocycles. The number of rotatable bonds is 6. The molecule has 26 heavy (non-hydrogen) atoms. The second kappa shape index (κ2) is 8.48. The number of hydrogen-bond donors (Lipinski definition) is 0. The van der Waals surface area contributed by atoms with Crippen molar-refractivity contribution in [2.75, 3.05) is 13.2 Å². The molecule has 3 rings (SSSR count). The van der Waals surface area contributed by atoms with E-state index in [-0.39, 0.29) is 23.8 Å². The molecule has 0 heterocycles. The van der Waals surface area contributed by atoms with Gasteiger partial charge in [0.2, 0.25) is 0 Å². The molecule has 0 aromatic heterocycles. The number of hydrogen-bond acceptors (Lipinski definition) is 4. The average Bonchev–Trinajstić information content (AvgIpc) is 3.05. The lowest BCUT2D eigenvalue weighted by Crippen LogP contribution is -2.22. The summed E-state index contributed by atoms with van der Waals surface area (Å²) in [5, 5.41) is 0. The van der Waals surface area contributed by atoms with E-state index in [9.17, 15) is 9.59 Å². The van der Waals surface area contributed by atoms with Crippen LogP contribution in [0.1, 0.15) is 33.6 Å². The van der Waals surface area contributed by atoms with Crippen LogP contribution in [0, 0.1) is 11.8 Å². The molecule has 0 spiro atoms. The zero-order valence-corrected chi connectivity index (χ0v) is 14.6. The number of allylic oxidation sites excluding steroid dienone is 1. The summed E-state index contributed by atoms with van der Waals surface area (Å²) in [6, 6.07) is 17.9. The molecule has 4 heteroatoms. The topological polar surface area (TPSA) is 52.6 Å². The molecule has 0 bridgehead atoms. The van der Waals surface area contributed by atoms with Crippen LogP contribution >= 0.6 is 0 Å². The smallest absolute Gasteiger partial charge is 0.338 e. The monoisotopic (exact) mass is 350 g/mol. The molecule has 134 valence electrons. The normalized spacial score (nSPS) is 19.2. The number of benzene rings is 2. The molecule has 0 radical (unpaired) electrons. The highest BCUT2D eigenvalue weighted by Gasteiger charge is 2.32. The second-order valence-electron chi connectivity index (χ2n) is 6.61. The molecule has 0 aliphatic heterocycles. The van der Waals surface area contributed by atoms with Crippen molar-refractivity contribution in [3.8, 4) is 0 Å². The van der Waals surface area contributed by atoms with Crippen molar-refractivity contribution in [3.63, 3.8) is 0 Å². The Bertz CT molecular complexity index is 702. The van der Waals surface area contributed by atoms with E-state index in [0.717, 1.165) is 18.4 Å². The van der Waals surface area contributed by atoms with E-state index < -0.39 is 0 Å². The van der Waals surface area contributed by atoms with Gasteiger partial charge in [-0.3, -0.25) is 0 Å². The lowest BCUT2D eigenvalue weighted by atomic mass is 9.98. The van der Waals surface area contributed by atoms with E-state index >= 15 is 0 Å². The summed E-state index contributed by atoms with van der Waals surface area (Å²) in [5.74, 6) is -0.413. The van der Waals surface area contributed by atoms with Crippen LogP contribution in [0.15, 0.2) is 72.8 Å². The zero-order valence-electron chi connectivity index (χ0n) is 14.6. The molecular formula is C22H22O4. The van der Waals surface area contributed by atoms with Crippen LogP contribution in [0.5, 0.6) is 0 Å². The standard InChI is InChI=1S/C22H22O4/c1-16-12-19(14-25-21(23)17-8-4-2-5-9-17)20(13-16)15-26-22(24)18-10-6-3-7-11-18/h2-11,19-20H,1,12-15H2/t19-,20-/m1/s1.